The third-order valence-corrected chi connectivity index (χ3v) is 8.48. The summed E-state index contributed by atoms with van der Waals surface area (Å²) in [7, 11) is -3.97. The van der Waals surface area contributed by atoms with E-state index in [4.69, 9.17) is 0 Å². The van der Waals surface area contributed by atoms with Gasteiger partial charge in [-0.2, -0.15) is 4.72 Å². The molecule has 0 aliphatic heterocycles. The standard InChI is InChI=1S/C24H23BrN4O3S2/c1-3-15(2)21(29-34(31,32)20-10-6-8-16-7-4-5-9-19(16)20)22(30)26-24-28-27-23(33-24)17-11-13-18(25)14-12-17/h4-15,21,29H,3H2,1-2H3,(H,26,28,30)/t15-,21+/m1/s1. The van der Waals surface area contributed by atoms with Crippen LogP contribution in [0.1, 0.15) is 20.3 Å². The lowest BCUT2D eigenvalue weighted by atomic mass is 9.99. The van der Waals surface area contributed by atoms with Gasteiger partial charge in [-0.25, -0.2) is 8.42 Å². The van der Waals surface area contributed by atoms with Gasteiger partial charge in [-0.1, -0.05) is 96.1 Å². The molecule has 0 bridgehead atoms. The molecule has 4 aromatic rings. The first-order chi connectivity index (χ1) is 16.3. The number of amides is 1. The topological polar surface area (TPSA) is 101 Å². The first-order valence-corrected chi connectivity index (χ1v) is 13.8. The van der Waals surface area contributed by atoms with Crippen molar-refractivity contribution in [3.05, 3.63) is 71.2 Å². The summed E-state index contributed by atoms with van der Waals surface area (Å²) < 4.78 is 30.2. The second-order valence-electron chi connectivity index (χ2n) is 7.87. The Morgan fingerprint density at radius 2 is 1.74 bits per heavy atom. The second kappa shape index (κ2) is 10.3. The number of hydrogen-bond donors (Lipinski definition) is 2. The van der Waals surface area contributed by atoms with E-state index in [1.165, 1.54) is 11.3 Å². The summed E-state index contributed by atoms with van der Waals surface area (Å²) in [5.41, 5.74) is 0.872. The van der Waals surface area contributed by atoms with Gasteiger partial charge in [0.05, 0.1) is 4.90 Å². The largest absolute Gasteiger partial charge is 0.299 e. The highest BCUT2D eigenvalue weighted by molar-refractivity contribution is 9.10. The van der Waals surface area contributed by atoms with Gasteiger partial charge in [-0.15, -0.1) is 10.2 Å². The predicted octanol–water partition coefficient (Wildman–Crippen LogP) is 5.45. The number of benzene rings is 3. The summed E-state index contributed by atoms with van der Waals surface area (Å²) in [5.74, 6) is -0.722. The van der Waals surface area contributed by atoms with Gasteiger partial charge in [0.1, 0.15) is 11.0 Å². The summed E-state index contributed by atoms with van der Waals surface area (Å²) in [6.07, 6.45) is 0.608. The normalized spacial score (nSPS) is 13.5. The molecule has 10 heteroatoms. The number of anilines is 1. The molecule has 2 N–H and O–H groups in total. The quantitative estimate of drug-likeness (QED) is 0.299. The van der Waals surface area contributed by atoms with Crippen LogP contribution in [0.4, 0.5) is 5.13 Å². The minimum absolute atomic E-state index is 0.139. The SMILES string of the molecule is CC[C@@H](C)[C@H](NS(=O)(=O)c1cccc2ccccc12)C(=O)Nc1nnc(-c2ccc(Br)cc2)s1. The fourth-order valence-corrected chi connectivity index (χ4v) is 6.04. The highest BCUT2D eigenvalue weighted by Gasteiger charge is 2.31. The van der Waals surface area contributed by atoms with E-state index < -0.39 is 22.0 Å². The molecular formula is C24H23BrN4O3S2. The molecule has 176 valence electrons. The Hall–Kier alpha value is -2.66. The lowest BCUT2D eigenvalue weighted by Gasteiger charge is -2.23. The Morgan fingerprint density at radius 3 is 2.47 bits per heavy atom. The second-order valence-corrected chi connectivity index (χ2v) is 11.4. The fraction of sp³-hybridized carbons (Fsp3) is 0.208. The number of halogens is 1. The maximum atomic E-state index is 13.3. The zero-order valence-electron chi connectivity index (χ0n) is 18.5. The molecule has 34 heavy (non-hydrogen) atoms. The Morgan fingerprint density at radius 1 is 1.03 bits per heavy atom. The van der Waals surface area contributed by atoms with Gasteiger partial charge in [-0.05, 0) is 29.5 Å². The third-order valence-electron chi connectivity index (χ3n) is 5.56. The summed E-state index contributed by atoms with van der Waals surface area (Å²) in [5, 5.41) is 13.3. The van der Waals surface area contributed by atoms with Crippen LogP contribution in [0.3, 0.4) is 0 Å². The van der Waals surface area contributed by atoms with E-state index in [1.807, 2.05) is 56.3 Å². The average molecular weight is 560 g/mol. The van der Waals surface area contributed by atoms with Crippen molar-refractivity contribution in [2.24, 2.45) is 5.92 Å². The van der Waals surface area contributed by atoms with E-state index >= 15 is 0 Å². The van der Waals surface area contributed by atoms with Gasteiger partial charge in [0.25, 0.3) is 0 Å². The summed E-state index contributed by atoms with van der Waals surface area (Å²) in [6.45, 7) is 3.75. The van der Waals surface area contributed by atoms with Crippen LogP contribution < -0.4 is 10.0 Å². The molecule has 2 atom stereocenters. The van der Waals surface area contributed by atoms with Crippen LogP contribution in [-0.2, 0) is 14.8 Å². The Balaban J connectivity index is 1.57. The molecule has 0 unspecified atom stereocenters. The molecule has 0 aliphatic rings. The van der Waals surface area contributed by atoms with E-state index in [-0.39, 0.29) is 10.8 Å². The molecular weight excluding hydrogens is 536 g/mol. The number of aromatic nitrogens is 2. The van der Waals surface area contributed by atoms with E-state index in [0.717, 1.165) is 15.4 Å². The Bertz CT molecular complexity index is 1420. The zero-order chi connectivity index (χ0) is 24.3. The number of carbonyl (C=O) groups is 1. The van der Waals surface area contributed by atoms with Crippen molar-refractivity contribution in [3.8, 4) is 10.6 Å². The maximum absolute atomic E-state index is 13.3. The monoisotopic (exact) mass is 558 g/mol. The van der Waals surface area contributed by atoms with Crippen molar-refractivity contribution in [1.82, 2.24) is 14.9 Å². The minimum Gasteiger partial charge on any atom is -0.299 e. The van der Waals surface area contributed by atoms with Crippen molar-refractivity contribution >= 4 is 59.1 Å². The zero-order valence-corrected chi connectivity index (χ0v) is 21.7. The van der Waals surface area contributed by atoms with Crippen LogP contribution in [0.15, 0.2) is 76.1 Å². The lowest BCUT2D eigenvalue weighted by Crippen LogP contribution is -2.47. The van der Waals surface area contributed by atoms with Crippen LogP contribution >= 0.6 is 27.3 Å². The van der Waals surface area contributed by atoms with Gasteiger partial charge in [0.15, 0.2) is 0 Å². The van der Waals surface area contributed by atoms with E-state index in [0.29, 0.717) is 21.9 Å². The maximum Gasteiger partial charge on any atom is 0.244 e. The number of rotatable bonds is 8. The first kappa shape index (κ1) is 24.5. The number of nitrogens with one attached hydrogen (secondary N) is 2. The molecule has 7 nitrogen and oxygen atoms in total. The molecule has 0 radical (unpaired) electrons. The van der Waals surface area contributed by atoms with E-state index in [9.17, 15) is 13.2 Å². The smallest absolute Gasteiger partial charge is 0.244 e. The molecule has 0 spiro atoms. The number of sulfonamides is 1. The molecule has 1 amide bonds. The number of hydrogen-bond acceptors (Lipinski definition) is 6. The molecule has 1 heterocycles. The van der Waals surface area contributed by atoms with Gasteiger partial charge in [0, 0.05) is 15.4 Å². The highest BCUT2D eigenvalue weighted by atomic mass is 79.9. The van der Waals surface area contributed by atoms with Crippen molar-refractivity contribution in [1.29, 1.82) is 0 Å². The van der Waals surface area contributed by atoms with Crippen LogP contribution in [0.2, 0.25) is 0 Å². The molecule has 0 fully saturated rings. The van der Waals surface area contributed by atoms with Gasteiger partial charge in [-0.3, -0.25) is 10.1 Å². The van der Waals surface area contributed by atoms with Crippen LogP contribution in [0, 0.1) is 5.92 Å². The van der Waals surface area contributed by atoms with E-state index in [1.54, 1.807) is 24.3 Å². The fourth-order valence-electron chi connectivity index (χ4n) is 3.49. The van der Waals surface area contributed by atoms with Crippen LogP contribution in [0.5, 0.6) is 0 Å². The first-order valence-electron chi connectivity index (χ1n) is 10.7. The molecule has 0 aliphatic carbocycles. The average Bonchev–Trinajstić information content (AvgIpc) is 3.30. The number of carbonyl (C=O) groups excluding carboxylic acids is 1. The minimum atomic E-state index is -3.97. The summed E-state index contributed by atoms with van der Waals surface area (Å²) in [4.78, 5) is 13.3. The highest BCUT2D eigenvalue weighted by Crippen LogP contribution is 2.28. The van der Waals surface area contributed by atoms with Crippen LogP contribution in [-0.4, -0.2) is 30.6 Å². The van der Waals surface area contributed by atoms with Gasteiger partial charge in [0.2, 0.25) is 21.1 Å². The number of fused-ring (bicyclic) bond motifs is 1. The van der Waals surface area contributed by atoms with Crippen molar-refractivity contribution < 1.29 is 13.2 Å². The summed E-state index contributed by atoms with van der Waals surface area (Å²) in [6, 6.07) is 19.0. The van der Waals surface area contributed by atoms with Gasteiger partial charge >= 0.3 is 0 Å². The van der Waals surface area contributed by atoms with Gasteiger partial charge < -0.3 is 0 Å². The van der Waals surface area contributed by atoms with Crippen molar-refractivity contribution in [2.75, 3.05) is 5.32 Å². The molecule has 0 saturated carbocycles. The molecule has 4 rings (SSSR count). The Labute approximate surface area is 210 Å². The van der Waals surface area contributed by atoms with Crippen LogP contribution in [0.25, 0.3) is 21.3 Å². The lowest BCUT2D eigenvalue weighted by molar-refractivity contribution is -0.118. The molecule has 1 aromatic heterocycles. The molecule has 0 saturated heterocycles. The third kappa shape index (κ3) is 5.35. The summed E-state index contributed by atoms with van der Waals surface area (Å²) >= 11 is 4.63. The number of nitrogens with zero attached hydrogens (tertiary/aromatic N) is 2. The van der Waals surface area contributed by atoms with Crippen molar-refractivity contribution in [2.45, 2.75) is 31.2 Å². The van der Waals surface area contributed by atoms with E-state index in [2.05, 4.69) is 36.2 Å². The molecule has 3 aromatic carbocycles. The Kier molecular flexibility index (Phi) is 7.42. The van der Waals surface area contributed by atoms with Crippen molar-refractivity contribution in [3.63, 3.8) is 0 Å². The predicted molar refractivity (Wildman–Crippen MR) is 139 cm³/mol.